The predicted molar refractivity (Wildman–Crippen MR) is 79.4 cm³/mol. The molecule has 0 amide bonds. The molecule has 5 heteroatoms. The van der Waals surface area contributed by atoms with Crippen LogP contribution in [0.5, 0.6) is 0 Å². The van der Waals surface area contributed by atoms with Gasteiger partial charge in [0, 0.05) is 12.0 Å². The molecule has 2 rings (SSSR count). The molecule has 0 spiro atoms. The van der Waals surface area contributed by atoms with Crippen molar-refractivity contribution < 1.29 is 4.42 Å². The van der Waals surface area contributed by atoms with Gasteiger partial charge in [0.05, 0.1) is 4.75 Å². The first-order valence-corrected chi connectivity index (χ1v) is 8.09. The largest absolute Gasteiger partial charge is 0.424 e. The average molecular weight is 283 g/mol. The maximum atomic E-state index is 5.83. The first-order chi connectivity index (χ1) is 8.89. The number of rotatable bonds is 5. The summed E-state index contributed by atoms with van der Waals surface area (Å²) in [6.07, 6.45) is 4.28. The summed E-state index contributed by atoms with van der Waals surface area (Å²) >= 11 is 1.93. The van der Waals surface area contributed by atoms with Crippen LogP contribution in [0.2, 0.25) is 0 Å². The summed E-state index contributed by atoms with van der Waals surface area (Å²) in [5.41, 5.74) is 0.175. The second-order valence-electron chi connectivity index (χ2n) is 6.46. The van der Waals surface area contributed by atoms with Gasteiger partial charge in [0.25, 0.3) is 0 Å². The van der Waals surface area contributed by atoms with Crippen molar-refractivity contribution in [1.82, 2.24) is 15.5 Å². The highest BCUT2D eigenvalue weighted by molar-refractivity contribution is 8.00. The lowest BCUT2D eigenvalue weighted by Crippen LogP contribution is -2.36. The molecule has 0 saturated carbocycles. The maximum absolute atomic E-state index is 5.83. The van der Waals surface area contributed by atoms with Gasteiger partial charge in [-0.05, 0) is 59.3 Å². The molecule has 1 unspecified atom stereocenters. The van der Waals surface area contributed by atoms with Crippen LogP contribution in [-0.2, 0) is 11.2 Å². The lowest BCUT2D eigenvalue weighted by molar-refractivity contribution is 0.386. The monoisotopic (exact) mass is 283 g/mol. The Hall–Kier alpha value is -0.550. The number of nitrogens with zero attached hydrogens (tertiary/aromatic N) is 2. The van der Waals surface area contributed by atoms with Gasteiger partial charge in [-0.15, -0.1) is 22.0 Å². The molecule has 1 aromatic heterocycles. The first-order valence-electron chi connectivity index (χ1n) is 7.11. The molecule has 0 aliphatic carbocycles. The molecule has 4 nitrogen and oxygen atoms in total. The van der Waals surface area contributed by atoms with Gasteiger partial charge in [0.15, 0.2) is 0 Å². The van der Waals surface area contributed by atoms with Crippen molar-refractivity contribution in [1.29, 1.82) is 0 Å². The Balaban J connectivity index is 1.81. The normalized spacial score (nSPS) is 24.0. The van der Waals surface area contributed by atoms with Gasteiger partial charge in [-0.2, -0.15) is 0 Å². The zero-order valence-corrected chi connectivity index (χ0v) is 13.3. The van der Waals surface area contributed by atoms with Crippen LogP contribution in [0, 0.1) is 0 Å². The van der Waals surface area contributed by atoms with E-state index in [1.54, 1.807) is 0 Å². The Morgan fingerprint density at radius 2 is 2.16 bits per heavy atom. The van der Waals surface area contributed by atoms with Gasteiger partial charge < -0.3 is 9.73 Å². The molecule has 1 aromatic rings. The Morgan fingerprint density at radius 1 is 1.37 bits per heavy atom. The summed E-state index contributed by atoms with van der Waals surface area (Å²) in [4.78, 5) is 0. The summed E-state index contributed by atoms with van der Waals surface area (Å²) in [7, 11) is 0. The highest BCUT2D eigenvalue weighted by atomic mass is 32.2. The second kappa shape index (κ2) is 5.83. The molecule has 1 aliphatic heterocycles. The molecule has 108 valence electrons. The van der Waals surface area contributed by atoms with Gasteiger partial charge in [0.2, 0.25) is 11.8 Å². The van der Waals surface area contributed by atoms with Crippen LogP contribution < -0.4 is 5.32 Å². The molecule has 1 saturated heterocycles. The number of hydrogen-bond donors (Lipinski definition) is 1. The van der Waals surface area contributed by atoms with Crippen LogP contribution in [-0.4, -0.2) is 28.0 Å². The van der Waals surface area contributed by atoms with E-state index in [4.69, 9.17) is 4.42 Å². The molecular weight excluding hydrogens is 258 g/mol. The summed E-state index contributed by atoms with van der Waals surface area (Å²) < 4.78 is 5.88. The van der Waals surface area contributed by atoms with Gasteiger partial charge in [0.1, 0.15) is 0 Å². The molecule has 2 heterocycles. The first kappa shape index (κ1) is 14.9. The summed E-state index contributed by atoms with van der Waals surface area (Å²) in [5.74, 6) is 2.79. The summed E-state index contributed by atoms with van der Waals surface area (Å²) in [6, 6.07) is 0. The average Bonchev–Trinajstić information content (AvgIpc) is 2.93. The third kappa shape index (κ3) is 4.21. The fourth-order valence-corrected chi connectivity index (χ4v) is 3.45. The van der Waals surface area contributed by atoms with Crippen molar-refractivity contribution in [3.05, 3.63) is 11.8 Å². The molecule has 1 fully saturated rings. The van der Waals surface area contributed by atoms with Crippen molar-refractivity contribution in [3.63, 3.8) is 0 Å². The number of hydrogen-bond acceptors (Lipinski definition) is 5. The molecule has 1 aliphatic rings. The summed E-state index contributed by atoms with van der Waals surface area (Å²) in [5, 5.41) is 11.9. The minimum atomic E-state index is 0.0505. The van der Waals surface area contributed by atoms with Crippen LogP contribution >= 0.6 is 11.8 Å². The minimum absolute atomic E-state index is 0.0505. The maximum Gasteiger partial charge on any atom is 0.232 e. The van der Waals surface area contributed by atoms with Crippen molar-refractivity contribution in [2.24, 2.45) is 0 Å². The van der Waals surface area contributed by atoms with E-state index >= 15 is 0 Å². The fraction of sp³-hybridized carbons (Fsp3) is 0.857. The third-order valence-electron chi connectivity index (χ3n) is 3.36. The molecule has 1 atom stereocenters. The number of nitrogens with one attached hydrogen (secondary N) is 1. The predicted octanol–water partition coefficient (Wildman–Crippen LogP) is 3.13. The van der Waals surface area contributed by atoms with E-state index in [1.807, 2.05) is 11.8 Å². The SMILES string of the molecule is CC(C)(C)NCCCc1nnc(C2(C)CCCS2)o1. The van der Waals surface area contributed by atoms with Crippen molar-refractivity contribution >= 4 is 11.8 Å². The quantitative estimate of drug-likeness (QED) is 0.841. The van der Waals surface area contributed by atoms with Crippen LogP contribution in [0.3, 0.4) is 0 Å². The number of thioether (sulfide) groups is 1. The molecule has 0 aromatic carbocycles. The van der Waals surface area contributed by atoms with Crippen LogP contribution in [0.1, 0.15) is 58.7 Å². The second-order valence-corrected chi connectivity index (χ2v) is 8.06. The number of aromatic nitrogens is 2. The van der Waals surface area contributed by atoms with E-state index < -0.39 is 0 Å². The van der Waals surface area contributed by atoms with Gasteiger partial charge in [-0.3, -0.25) is 0 Å². The van der Waals surface area contributed by atoms with Gasteiger partial charge >= 0.3 is 0 Å². The van der Waals surface area contributed by atoms with Crippen LogP contribution in [0.4, 0.5) is 0 Å². The Morgan fingerprint density at radius 3 is 2.79 bits per heavy atom. The Kier molecular flexibility index (Phi) is 4.56. The van der Waals surface area contributed by atoms with Crippen LogP contribution in [0.25, 0.3) is 0 Å². The molecular formula is C14H25N3OS. The van der Waals surface area contributed by atoms with Crippen molar-refractivity contribution in [3.8, 4) is 0 Å². The lowest BCUT2D eigenvalue weighted by Gasteiger charge is -2.20. The lowest BCUT2D eigenvalue weighted by atomic mass is 10.1. The summed E-state index contributed by atoms with van der Waals surface area (Å²) in [6.45, 7) is 9.72. The van der Waals surface area contributed by atoms with Gasteiger partial charge in [-0.25, -0.2) is 0 Å². The van der Waals surface area contributed by atoms with E-state index in [-0.39, 0.29) is 10.3 Å². The smallest absolute Gasteiger partial charge is 0.232 e. The molecule has 0 radical (unpaired) electrons. The molecule has 1 N–H and O–H groups in total. The molecule has 19 heavy (non-hydrogen) atoms. The van der Waals surface area contributed by atoms with E-state index in [2.05, 4.69) is 43.2 Å². The van der Waals surface area contributed by atoms with Crippen LogP contribution in [0.15, 0.2) is 4.42 Å². The minimum Gasteiger partial charge on any atom is -0.424 e. The van der Waals surface area contributed by atoms with Crippen molar-refractivity contribution in [2.45, 2.75) is 63.7 Å². The standard InChI is InChI=1S/C14H25N3OS/c1-13(2,3)15-9-5-7-11-16-17-12(18-11)14(4)8-6-10-19-14/h15H,5-10H2,1-4H3. The number of aryl methyl sites for hydroxylation is 1. The van der Waals surface area contributed by atoms with E-state index in [0.29, 0.717) is 0 Å². The van der Waals surface area contributed by atoms with E-state index in [1.165, 1.54) is 12.2 Å². The van der Waals surface area contributed by atoms with E-state index in [9.17, 15) is 0 Å². The fourth-order valence-electron chi connectivity index (χ4n) is 2.22. The Bertz CT molecular complexity index is 405. The zero-order chi connectivity index (χ0) is 13.9. The van der Waals surface area contributed by atoms with Gasteiger partial charge in [-0.1, -0.05) is 0 Å². The topological polar surface area (TPSA) is 51.0 Å². The van der Waals surface area contributed by atoms with E-state index in [0.717, 1.165) is 37.6 Å². The third-order valence-corrected chi connectivity index (χ3v) is 4.87. The Labute approximate surface area is 120 Å². The highest BCUT2D eigenvalue weighted by Crippen LogP contribution is 2.45. The highest BCUT2D eigenvalue weighted by Gasteiger charge is 2.36. The zero-order valence-electron chi connectivity index (χ0n) is 12.5. The van der Waals surface area contributed by atoms with Crippen molar-refractivity contribution in [2.75, 3.05) is 12.3 Å². The molecule has 0 bridgehead atoms.